The van der Waals surface area contributed by atoms with Crippen molar-refractivity contribution in [2.45, 2.75) is 27.3 Å². The Morgan fingerprint density at radius 2 is 2.00 bits per heavy atom. The molecule has 0 saturated heterocycles. The molecule has 132 valence electrons. The third-order valence-corrected chi connectivity index (χ3v) is 4.23. The zero-order valence-electron chi connectivity index (χ0n) is 14.6. The highest BCUT2D eigenvalue weighted by molar-refractivity contribution is 6.34. The molecule has 0 aliphatic heterocycles. The number of halogens is 1. The fourth-order valence-corrected chi connectivity index (χ4v) is 2.98. The van der Waals surface area contributed by atoms with Gasteiger partial charge in [-0.1, -0.05) is 29.8 Å². The number of nitrogens with zero attached hydrogens (tertiary/aromatic N) is 1. The molecule has 0 atom stereocenters. The molecule has 1 heterocycles. The molecule has 0 spiro atoms. The monoisotopic (exact) mass is 360 g/mol. The van der Waals surface area contributed by atoms with Crippen LogP contribution in [0.3, 0.4) is 0 Å². The summed E-state index contributed by atoms with van der Waals surface area (Å²) < 4.78 is 6.87. The maximum absolute atomic E-state index is 12.8. The Morgan fingerprint density at radius 1 is 1.32 bits per heavy atom. The molecule has 5 nitrogen and oxygen atoms in total. The Balaban J connectivity index is 2.48. The van der Waals surface area contributed by atoms with Crippen LogP contribution in [-0.2, 0) is 11.3 Å². The first kappa shape index (κ1) is 18.8. The van der Waals surface area contributed by atoms with E-state index in [1.165, 1.54) is 0 Å². The van der Waals surface area contributed by atoms with E-state index in [9.17, 15) is 9.59 Å². The number of esters is 1. The van der Waals surface area contributed by atoms with Crippen molar-refractivity contribution < 1.29 is 14.3 Å². The van der Waals surface area contributed by atoms with Crippen molar-refractivity contribution >= 4 is 29.2 Å². The Morgan fingerprint density at radius 3 is 2.60 bits per heavy atom. The molecule has 0 bridgehead atoms. The van der Waals surface area contributed by atoms with E-state index < -0.39 is 5.97 Å². The predicted octanol–water partition coefficient (Wildman–Crippen LogP) is 4.37. The summed E-state index contributed by atoms with van der Waals surface area (Å²) >= 11 is 6.11. The summed E-state index contributed by atoms with van der Waals surface area (Å²) in [5.74, 6) is -0.779. The maximum Gasteiger partial charge on any atom is 0.355 e. The number of hydrogen-bond acceptors (Lipinski definition) is 3. The third-order valence-electron chi connectivity index (χ3n) is 3.90. The minimum Gasteiger partial charge on any atom is -0.461 e. The van der Waals surface area contributed by atoms with Gasteiger partial charge >= 0.3 is 5.97 Å². The summed E-state index contributed by atoms with van der Waals surface area (Å²) in [6, 6.07) is 6.99. The molecule has 1 amide bonds. The number of benzene rings is 1. The normalized spacial score (nSPS) is 10.4. The second-order valence-corrected chi connectivity index (χ2v) is 5.89. The van der Waals surface area contributed by atoms with E-state index in [1.807, 2.05) is 0 Å². The van der Waals surface area contributed by atoms with Crippen LogP contribution in [0.15, 0.2) is 36.9 Å². The van der Waals surface area contributed by atoms with Gasteiger partial charge in [0.2, 0.25) is 0 Å². The lowest BCUT2D eigenvalue weighted by atomic mass is 10.1. The molecule has 0 aliphatic rings. The van der Waals surface area contributed by atoms with Crippen LogP contribution in [0.4, 0.5) is 5.69 Å². The summed E-state index contributed by atoms with van der Waals surface area (Å²) in [6.07, 6.45) is 1.67. The molecule has 0 saturated carbocycles. The molecule has 1 aromatic heterocycles. The van der Waals surface area contributed by atoms with E-state index in [4.69, 9.17) is 16.3 Å². The van der Waals surface area contributed by atoms with E-state index in [0.717, 1.165) is 0 Å². The number of anilines is 1. The number of ether oxygens (including phenoxy) is 1. The SMILES string of the molecule is C=CCn1c(C)c(C(=O)Nc2ccccc2Cl)c(C)c1C(=O)OCC. The molecule has 2 aromatic rings. The number of nitrogens with one attached hydrogen (secondary N) is 1. The Hall–Kier alpha value is -2.53. The van der Waals surface area contributed by atoms with Crippen molar-refractivity contribution in [1.82, 2.24) is 4.57 Å². The summed E-state index contributed by atoms with van der Waals surface area (Å²) in [5.41, 5.74) is 2.56. The fourth-order valence-electron chi connectivity index (χ4n) is 2.80. The van der Waals surface area contributed by atoms with Crippen LogP contribution >= 0.6 is 11.6 Å². The quantitative estimate of drug-likeness (QED) is 0.614. The Labute approximate surface area is 152 Å². The molecule has 0 aliphatic carbocycles. The maximum atomic E-state index is 12.8. The van der Waals surface area contributed by atoms with E-state index in [2.05, 4.69) is 11.9 Å². The van der Waals surface area contributed by atoms with Gasteiger partial charge in [-0.2, -0.15) is 0 Å². The van der Waals surface area contributed by atoms with Gasteiger partial charge in [-0.05, 0) is 38.5 Å². The second-order valence-electron chi connectivity index (χ2n) is 5.49. The van der Waals surface area contributed by atoms with Crippen LogP contribution in [0, 0.1) is 13.8 Å². The molecule has 0 unspecified atom stereocenters. The van der Waals surface area contributed by atoms with Crippen LogP contribution in [0.5, 0.6) is 0 Å². The molecular weight excluding hydrogens is 340 g/mol. The predicted molar refractivity (Wildman–Crippen MR) is 99.5 cm³/mol. The summed E-state index contributed by atoms with van der Waals surface area (Å²) in [7, 11) is 0. The topological polar surface area (TPSA) is 60.3 Å². The lowest BCUT2D eigenvalue weighted by Crippen LogP contribution is -2.14. The number of carbonyl (C=O) groups excluding carboxylic acids is 2. The Kier molecular flexibility index (Phi) is 6.04. The molecule has 0 radical (unpaired) electrons. The van der Waals surface area contributed by atoms with Crippen LogP contribution in [0.2, 0.25) is 5.02 Å². The second kappa shape index (κ2) is 8.03. The fraction of sp³-hybridized carbons (Fsp3) is 0.263. The number of aromatic nitrogens is 1. The standard InChI is InChI=1S/C19H21ClN2O3/c1-5-11-22-13(4)16(12(3)17(22)19(24)25-6-2)18(23)21-15-10-8-7-9-14(15)20/h5,7-10H,1,6,11H2,2-4H3,(H,21,23). The highest BCUT2D eigenvalue weighted by atomic mass is 35.5. The number of carbonyl (C=O) groups is 2. The zero-order chi connectivity index (χ0) is 18.6. The Bertz CT molecular complexity index is 824. The van der Waals surface area contributed by atoms with Crippen molar-refractivity contribution in [2.75, 3.05) is 11.9 Å². The van der Waals surface area contributed by atoms with Crippen molar-refractivity contribution in [2.24, 2.45) is 0 Å². The first-order chi connectivity index (χ1) is 11.9. The molecule has 1 N–H and O–H groups in total. The van der Waals surface area contributed by atoms with Crippen LogP contribution in [0.25, 0.3) is 0 Å². The highest BCUT2D eigenvalue weighted by Crippen LogP contribution is 2.26. The summed E-state index contributed by atoms with van der Waals surface area (Å²) in [5, 5.41) is 3.25. The van der Waals surface area contributed by atoms with Gasteiger partial charge in [0.25, 0.3) is 5.91 Å². The van der Waals surface area contributed by atoms with Crippen molar-refractivity contribution in [1.29, 1.82) is 0 Å². The van der Waals surface area contributed by atoms with Gasteiger partial charge in [-0.15, -0.1) is 6.58 Å². The van der Waals surface area contributed by atoms with E-state index in [0.29, 0.717) is 39.8 Å². The van der Waals surface area contributed by atoms with Gasteiger partial charge in [0.15, 0.2) is 0 Å². The zero-order valence-corrected chi connectivity index (χ0v) is 15.3. The molecule has 1 aromatic carbocycles. The van der Waals surface area contributed by atoms with Gasteiger partial charge in [0.1, 0.15) is 5.69 Å². The lowest BCUT2D eigenvalue weighted by Gasteiger charge is -2.09. The molecule has 0 fully saturated rings. The van der Waals surface area contributed by atoms with Crippen molar-refractivity contribution in [3.63, 3.8) is 0 Å². The summed E-state index contributed by atoms with van der Waals surface area (Å²) in [6.45, 7) is 9.65. The minimum atomic E-state index is -0.457. The van der Waals surface area contributed by atoms with Crippen molar-refractivity contribution in [3.8, 4) is 0 Å². The van der Waals surface area contributed by atoms with Gasteiger partial charge in [-0.3, -0.25) is 4.79 Å². The minimum absolute atomic E-state index is 0.262. The van der Waals surface area contributed by atoms with Gasteiger partial charge < -0.3 is 14.6 Å². The third kappa shape index (κ3) is 3.77. The molecule has 25 heavy (non-hydrogen) atoms. The van der Waals surface area contributed by atoms with Crippen LogP contribution in [0.1, 0.15) is 39.0 Å². The number of allylic oxidation sites excluding steroid dienone is 1. The highest BCUT2D eigenvalue weighted by Gasteiger charge is 2.27. The van der Waals surface area contributed by atoms with Crippen LogP contribution in [-0.4, -0.2) is 23.1 Å². The summed E-state index contributed by atoms with van der Waals surface area (Å²) in [4.78, 5) is 25.1. The van der Waals surface area contributed by atoms with E-state index in [-0.39, 0.29) is 12.5 Å². The van der Waals surface area contributed by atoms with E-state index in [1.54, 1.807) is 55.7 Å². The smallest absolute Gasteiger partial charge is 0.355 e. The molecule has 6 heteroatoms. The first-order valence-electron chi connectivity index (χ1n) is 7.95. The van der Waals surface area contributed by atoms with Gasteiger partial charge in [0.05, 0.1) is 22.9 Å². The van der Waals surface area contributed by atoms with Crippen molar-refractivity contribution in [3.05, 3.63) is 64.5 Å². The average molecular weight is 361 g/mol. The van der Waals surface area contributed by atoms with Gasteiger partial charge in [0, 0.05) is 12.2 Å². The first-order valence-corrected chi connectivity index (χ1v) is 8.33. The lowest BCUT2D eigenvalue weighted by molar-refractivity contribution is 0.0513. The number of para-hydroxylation sites is 1. The molecular formula is C19H21ClN2O3. The molecule has 2 rings (SSSR count). The number of hydrogen-bond donors (Lipinski definition) is 1. The number of amides is 1. The number of rotatable bonds is 6. The van der Waals surface area contributed by atoms with Crippen LogP contribution < -0.4 is 5.32 Å². The van der Waals surface area contributed by atoms with E-state index >= 15 is 0 Å². The van der Waals surface area contributed by atoms with Gasteiger partial charge in [-0.25, -0.2) is 4.79 Å². The average Bonchev–Trinajstić information content (AvgIpc) is 2.81. The largest absolute Gasteiger partial charge is 0.461 e.